The number of hydrogen-bond acceptors (Lipinski definition) is 10. The molecule has 0 radical (unpaired) electrons. The fourth-order valence-electron chi connectivity index (χ4n) is 9.96. The van der Waals surface area contributed by atoms with Gasteiger partial charge in [0.15, 0.2) is 0 Å². The van der Waals surface area contributed by atoms with Crippen LogP contribution in [0.15, 0.2) is 133 Å². The van der Waals surface area contributed by atoms with Crippen molar-refractivity contribution in [3.63, 3.8) is 0 Å². The summed E-state index contributed by atoms with van der Waals surface area (Å²) < 4.78 is 26.4. The SMILES string of the molecule is C=CCCOC(=O)N(Cc1cccc2ccccc12)[C@H]1CC(=NOC)C2=C[C@H](CCCCO)[C@@H](CCCCO)[C@@H]3c4cc(OC(=O)NCc5ccccc5)ccc4O[C@@]1(OCC=C)[C@H]23. The molecule has 12 nitrogen and oxygen atoms in total. The van der Waals surface area contributed by atoms with Crippen LogP contribution < -0.4 is 14.8 Å². The lowest BCUT2D eigenvalue weighted by atomic mass is 9.55. The highest BCUT2D eigenvalue weighted by molar-refractivity contribution is 6.03. The minimum atomic E-state index is -1.51. The molecule has 3 aliphatic rings. The van der Waals surface area contributed by atoms with E-state index in [0.717, 1.165) is 58.7 Å². The van der Waals surface area contributed by atoms with E-state index in [9.17, 15) is 19.8 Å². The second-order valence-corrected chi connectivity index (χ2v) is 16.6. The van der Waals surface area contributed by atoms with Gasteiger partial charge in [-0.05, 0) is 89.6 Å². The number of ether oxygens (including phenoxy) is 4. The molecule has 0 unspecified atom stereocenters. The molecule has 1 aliphatic heterocycles. The van der Waals surface area contributed by atoms with Crippen molar-refractivity contribution < 1.29 is 43.6 Å². The first kappa shape index (κ1) is 46.1. The molecular weight excluding hydrogens is 811 g/mol. The molecule has 338 valence electrons. The summed E-state index contributed by atoms with van der Waals surface area (Å²) in [5.74, 6) is -1.50. The van der Waals surface area contributed by atoms with Gasteiger partial charge < -0.3 is 39.3 Å². The van der Waals surface area contributed by atoms with E-state index in [1.807, 2.05) is 78.9 Å². The van der Waals surface area contributed by atoms with Crippen molar-refractivity contribution in [2.75, 3.05) is 33.5 Å². The summed E-state index contributed by atoms with van der Waals surface area (Å²) >= 11 is 0. The molecule has 64 heavy (non-hydrogen) atoms. The van der Waals surface area contributed by atoms with Crippen molar-refractivity contribution in [3.8, 4) is 11.5 Å². The van der Waals surface area contributed by atoms with Crippen molar-refractivity contribution in [2.24, 2.45) is 22.9 Å². The number of carbonyl (C=O) groups is 2. The predicted molar refractivity (Wildman–Crippen MR) is 247 cm³/mol. The summed E-state index contributed by atoms with van der Waals surface area (Å²) in [7, 11) is 1.52. The molecule has 6 atom stereocenters. The highest BCUT2D eigenvalue weighted by atomic mass is 16.7. The number of aliphatic hydroxyl groups excluding tert-OH is 2. The lowest BCUT2D eigenvalue weighted by Crippen LogP contribution is -2.70. The molecule has 4 aromatic rings. The van der Waals surface area contributed by atoms with Gasteiger partial charge in [0.2, 0.25) is 5.79 Å². The Morgan fingerprint density at radius 2 is 1.70 bits per heavy atom. The molecule has 3 N–H and O–H groups in total. The molecule has 0 aromatic heterocycles. The smallest absolute Gasteiger partial charge is 0.412 e. The molecule has 12 heteroatoms. The Morgan fingerprint density at radius 3 is 2.47 bits per heavy atom. The topological polar surface area (TPSA) is 148 Å². The van der Waals surface area contributed by atoms with E-state index >= 15 is 0 Å². The summed E-state index contributed by atoms with van der Waals surface area (Å²) in [4.78, 5) is 35.4. The van der Waals surface area contributed by atoms with Crippen LogP contribution >= 0.6 is 0 Å². The van der Waals surface area contributed by atoms with Crippen LogP contribution in [0.3, 0.4) is 0 Å². The predicted octanol–water partition coefficient (Wildman–Crippen LogP) is 9.61. The second kappa shape index (κ2) is 22.1. The van der Waals surface area contributed by atoms with Crippen molar-refractivity contribution in [3.05, 3.63) is 145 Å². The van der Waals surface area contributed by atoms with Crippen molar-refractivity contribution in [2.45, 2.75) is 82.2 Å². The number of allylic oxidation sites excluding steroid dienone is 1. The van der Waals surface area contributed by atoms with Crippen molar-refractivity contribution in [1.82, 2.24) is 10.2 Å². The van der Waals surface area contributed by atoms with Gasteiger partial charge in [0.05, 0.1) is 31.4 Å². The molecule has 0 saturated heterocycles. The number of rotatable bonds is 21. The second-order valence-electron chi connectivity index (χ2n) is 16.6. The standard InChI is InChI=1S/C52H61N3O9/c1-4-6-30-61-51(59)55(35-39-22-16-21-37-19-10-11-23-41(37)39)47-33-45(54-60-3)43-31-38(20-12-14-27-56)42(24-13-15-28-57)48-44-32-40(63-50(58)53-34-36-17-8-7-9-18-36)25-26-46(44)64-52(47,49(43)48)62-29-5-2/h4-5,7-11,16-19,21-23,25-26,31-32,38,42,47-49,56-57H,1-2,6,12-15,20,24,27-30,33-35H2,3H3,(H,53,58)/t38-,42+,47-,48+,49+,52+/m0/s1. The summed E-state index contributed by atoms with van der Waals surface area (Å²) in [6.07, 6.45) is 9.57. The van der Waals surface area contributed by atoms with Gasteiger partial charge in [0.1, 0.15) is 24.7 Å². The number of carbonyl (C=O) groups excluding carboxylic acids is 2. The van der Waals surface area contributed by atoms with Crippen LogP contribution in [0.2, 0.25) is 0 Å². The van der Waals surface area contributed by atoms with E-state index in [1.54, 1.807) is 23.1 Å². The van der Waals surface area contributed by atoms with Crippen LogP contribution in [0.1, 0.15) is 74.0 Å². The molecule has 0 spiro atoms. The summed E-state index contributed by atoms with van der Waals surface area (Å²) in [6, 6.07) is 28.4. The number of fused-ring (bicyclic) bond motifs is 3. The Kier molecular flexibility index (Phi) is 15.9. The van der Waals surface area contributed by atoms with Crippen LogP contribution in [0, 0.1) is 17.8 Å². The van der Waals surface area contributed by atoms with Crippen LogP contribution in [0.5, 0.6) is 11.5 Å². The fourth-order valence-corrected chi connectivity index (χ4v) is 9.96. The van der Waals surface area contributed by atoms with Gasteiger partial charge in [0.25, 0.3) is 0 Å². The Balaban J connectivity index is 1.40. The minimum Gasteiger partial charge on any atom is -0.459 e. The Hall–Kier alpha value is -5.95. The van der Waals surface area contributed by atoms with Crippen LogP contribution in [0.4, 0.5) is 9.59 Å². The largest absolute Gasteiger partial charge is 0.459 e. The molecule has 2 amide bonds. The molecule has 1 heterocycles. The van der Waals surface area contributed by atoms with Gasteiger partial charge in [-0.25, -0.2) is 9.59 Å². The molecule has 2 aliphatic carbocycles. The Morgan fingerprint density at radius 1 is 0.938 bits per heavy atom. The van der Waals surface area contributed by atoms with Gasteiger partial charge in [-0.2, -0.15) is 0 Å². The third-order valence-corrected chi connectivity index (χ3v) is 12.7. The molecule has 4 aromatic carbocycles. The Bertz CT molecular complexity index is 2290. The van der Waals surface area contributed by atoms with Gasteiger partial charge in [-0.1, -0.05) is 109 Å². The zero-order chi connectivity index (χ0) is 44.9. The van der Waals surface area contributed by atoms with E-state index in [-0.39, 0.29) is 57.1 Å². The van der Waals surface area contributed by atoms with E-state index in [1.165, 1.54) is 7.11 Å². The van der Waals surface area contributed by atoms with Crippen LogP contribution in [-0.4, -0.2) is 78.4 Å². The lowest BCUT2D eigenvalue weighted by molar-refractivity contribution is -0.256. The number of nitrogens with zero attached hydrogens (tertiary/aromatic N) is 2. The maximum atomic E-state index is 14.8. The van der Waals surface area contributed by atoms with Gasteiger partial charge >= 0.3 is 12.2 Å². The van der Waals surface area contributed by atoms with Crippen molar-refractivity contribution in [1.29, 1.82) is 0 Å². The summed E-state index contributed by atoms with van der Waals surface area (Å²) in [5, 5.41) is 29.5. The number of nitrogens with one attached hydrogen (secondary N) is 1. The minimum absolute atomic E-state index is 0.0240. The van der Waals surface area contributed by atoms with E-state index in [2.05, 4.69) is 30.6 Å². The normalized spacial score (nSPS) is 22.6. The van der Waals surface area contributed by atoms with Crippen LogP contribution in [0.25, 0.3) is 10.8 Å². The summed E-state index contributed by atoms with van der Waals surface area (Å²) in [5.41, 5.74) is 4.23. The highest BCUT2D eigenvalue weighted by Crippen LogP contribution is 2.62. The van der Waals surface area contributed by atoms with E-state index < -0.39 is 29.9 Å². The number of amides is 2. The fraction of sp³-hybridized carbons (Fsp3) is 0.404. The van der Waals surface area contributed by atoms with E-state index in [0.29, 0.717) is 43.0 Å². The van der Waals surface area contributed by atoms with Crippen LogP contribution in [-0.2, 0) is 27.4 Å². The number of aliphatic hydroxyl groups is 2. The summed E-state index contributed by atoms with van der Waals surface area (Å²) in [6.45, 7) is 8.71. The average Bonchev–Trinajstić information content (AvgIpc) is 3.31. The maximum Gasteiger partial charge on any atom is 0.412 e. The quantitative estimate of drug-likeness (QED) is 0.0423. The maximum absolute atomic E-state index is 14.8. The first-order valence-corrected chi connectivity index (χ1v) is 22.5. The molecule has 7 rings (SSSR count). The van der Waals surface area contributed by atoms with Gasteiger partial charge in [0, 0.05) is 37.7 Å². The monoisotopic (exact) mass is 871 g/mol. The van der Waals surface area contributed by atoms with Gasteiger partial charge in [-0.3, -0.25) is 4.90 Å². The number of oxime groups is 1. The average molecular weight is 872 g/mol. The first-order chi connectivity index (χ1) is 31.3. The van der Waals surface area contributed by atoms with Gasteiger partial charge in [-0.15, -0.1) is 13.2 Å². The highest BCUT2D eigenvalue weighted by Gasteiger charge is 2.65. The van der Waals surface area contributed by atoms with Crippen molar-refractivity contribution >= 4 is 28.7 Å². The third kappa shape index (κ3) is 10.2. The zero-order valence-electron chi connectivity index (χ0n) is 36.7. The molecule has 1 fully saturated rings. The third-order valence-electron chi connectivity index (χ3n) is 12.7. The Labute approximate surface area is 376 Å². The lowest BCUT2D eigenvalue weighted by Gasteiger charge is -2.59. The number of benzene rings is 4. The number of unbranched alkanes of at least 4 members (excludes halogenated alkanes) is 2. The zero-order valence-corrected chi connectivity index (χ0v) is 36.7. The molecule has 1 saturated carbocycles. The molecular formula is C52H61N3O9. The molecule has 0 bridgehead atoms. The van der Waals surface area contributed by atoms with E-state index in [4.69, 9.17) is 28.9 Å². The number of hydrogen-bond donors (Lipinski definition) is 3. The first-order valence-electron chi connectivity index (χ1n) is 22.5.